The van der Waals surface area contributed by atoms with Crippen LogP contribution in [-0.2, 0) is 13.2 Å². The van der Waals surface area contributed by atoms with Crippen LogP contribution >= 0.6 is 0 Å². The molecule has 0 bridgehead atoms. The minimum atomic E-state index is -0.508. The summed E-state index contributed by atoms with van der Waals surface area (Å²) in [5.41, 5.74) is 1.19. The topological polar surface area (TPSA) is 66.6 Å². The van der Waals surface area contributed by atoms with Gasteiger partial charge in [-0.2, -0.15) is 0 Å². The van der Waals surface area contributed by atoms with Gasteiger partial charge in [-0.15, -0.1) is 0 Å². The summed E-state index contributed by atoms with van der Waals surface area (Å²) in [6.45, 7) is -0.0515. The number of nitro groups is 1. The van der Waals surface area contributed by atoms with Gasteiger partial charge in [-0.05, 0) is 17.7 Å². The third-order valence-electron chi connectivity index (χ3n) is 3.20. The van der Waals surface area contributed by atoms with E-state index in [0.29, 0.717) is 16.8 Å². The standard InChI is InChI=1S/C15H15FN2O3/c1-17(9-12-4-2-3-5-13(12)16)14-7-6-11(10-19)8-15(14)18(20)21/h2-8,19H,9-10H2,1H3. The van der Waals surface area contributed by atoms with Crippen LogP contribution in [0, 0.1) is 15.9 Å². The summed E-state index contributed by atoms with van der Waals surface area (Å²) in [6, 6.07) is 10.8. The molecule has 5 nitrogen and oxygen atoms in total. The molecule has 0 radical (unpaired) electrons. The Morgan fingerprint density at radius 2 is 2.00 bits per heavy atom. The first-order valence-electron chi connectivity index (χ1n) is 6.35. The van der Waals surface area contributed by atoms with Gasteiger partial charge in [0.25, 0.3) is 5.69 Å². The number of nitro benzene ring substituents is 1. The maximum Gasteiger partial charge on any atom is 0.292 e. The van der Waals surface area contributed by atoms with Crippen molar-refractivity contribution in [1.29, 1.82) is 0 Å². The number of anilines is 1. The molecule has 0 amide bonds. The minimum Gasteiger partial charge on any atom is -0.392 e. The molecule has 110 valence electrons. The summed E-state index contributed by atoms with van der Waals surface area (Å²) in [5, 5.41) is 20.2. The Labute approximate surface area is 121 Å². The van der Waals surface area contributed by atoms with Gasteiger partial charge < -0.3 is 10.0 Å². The zero-order chi connectivity index (χ0) is 15.4. The Balaban J connectivity index is 2.33. The van der Waals surface area contributed by atoms with Crippen LogP contribution in [0.3, 0.4) is 0 Å². The monoisotopic (exact) mass is 290 g/mol. The number of aliphatic hydroxyl groups is 1. The van der Waals surface area contributed by atoms with Gasteiger partial charge in [-0.3, -0.25) is 10.1 Å². The van der Waals surface area contributed by atoms with Crippen LogP contribution in [0.5, 0.6) is 0 Å². The summed E-state index contributed by atoms with van der Waals surface area (Å²) in [6.07, 6.45) is 0. The van der Waals surface area contributed by atoms with Crippen LogP contribution in [0.1, 0.15) is 11.1 Å². The van der Waals surface area contributed by atoms with Crippen LogP contribution in [0.4, 0.5) is 15.8 Å². The van der Waals surface area contributed by atoms with Gasteiger partial charge in [-0.25, -0.2) is 4.39 Å². The lowest BCUT2D eigenvalue weighted by atomic mass is 10.1. The lowest BCUT2D eigenvalue weighted by molar-refractivity contribution is -0.384. The van der Waals surface area contributed by atoms with E-state index in [1.807, 2.05) is 0 Å². The highest BCUT2D eigenvalue weighted by atomic mass is 19.1. The van der Waals surface area contributed by atoms with Gasteiger partial charge in [0.2, 0.25) is 0 Å². The molecule has 6 heteroatoms. The van der Waals surface area contributed by atoms with E-state index in [0.717, 1.165) is 0 Å². The Morgan fingerprint density at radius 1 is 1.29 bits per heavy atom. The number of halogens is 1. The Kier molecular flexibility index (Phi) is 4.49. The van der Waals surface area contributed by atoms with Gasteiger partial charge in [0, 0.05) is 25.2 Å². The second kappa shape index (κ2) is 6.32. The van der Waals surface area contributed by atoms with E-state index in [2.05, 4.69) is 0 Å². The van der Waals surface area contributed by atoms with Crippen LogP contribution in [0.2, 0.25) is 0 Å². The molecule has 0 aliphatic carbocycles. The number of benzene rings is 2. The van der Waals surface area contributed by atoms with Gasteiger partial charge >= 0.3 is 0 Å². The Hall–Kier alpha value is -2.47. The molecule has 0 aliphatic heterocycles. The lowest BCUT2D eigenvalue weighted by Crippen LogP contribution is -2.18. The first kappa shape index (κ1) is 14.9. The summed E-state index contributed by atoms with van der Waals surface area (Å²) < 4.78 is 13.6. The molecule has 21 heavy (non-hydrogen) atoms. The van der Waals surface area contributed by atoms with E-state index in [1.165, 1.54) is 12.1 Å². The molecular formula is C15H15FN2O3. The normalized spacial score (nSPS) is 10.4. The smallest absolute Gasteiger partial charge is 0.292 e. The summed E-state index contributed by atoms with van der Waals surface area (Å²) in [5.74, 6) is -0.348. The van der Waals surface area contributed by atoms with Crippen molar-refractivity contribution in [3.63, 3.8) is 0 Å². The van der Waals surface area contributed by atoms with Crippen LogP contribution in [0.25, 0.3) is 0 Å². The number of hydrogen-bond donors (Lipinski definition) is 1. The minimum absolute atomic E-state index is 0.111. The molecule has 0 spiro atoms. The average Bonchev–Trinajstić information content (AvgIpc) is 2.48. The number of hydrogen-bond acceptors (Lipinski definition) is 4. The molecule has 1 N–H and O–H groups in total. The number of rotatable bonds is 5. The summed E-state index contributed by atoms with van der Waals surface area (Å²) in [4.78, 5) is 12.2. The Morgan fingerprint density at radius 3 is 2.62 bits per heavy atom. The van der Waals surface area contributed by atoms with E-state index >= 15 is 0 Å². The summed E-state index contributed by atoms with van der Waals surface area (Å²) >= 11 is 0. The molecule has 2 aromatic carbocycles. The molecule has 0 unspecified atom stereocenters. The Bertz CT molecular complexity index is 661. The third kappa shape index (κ3) is 3.35. The van der Waals surface area contributed by atoms with Crippen molar-refractivity contribution in [3.05, 3.63) is 69.5 Å². The molecule has 2 rings (SSSR count). The van der Waals surface area contributed by atoms with Crippen molar-refractivity contribution >= 4 is 11.4 Å². The predicted molar refractivity (Wildman–Crippen MR) is 77.5 cm³/mol. The molecule has 0 heterocycles. The first-order valence-corrected chi connectivity index (χ1v) is 6.35. The first-order chi connectivity index (χ1) is 10.0. The van der Waals surface area contributed by atoms with Gasteiger partial charge in [-0.1, -0.05) is 24.3 Å². The van der Waals surface area contributed by atoms with Crippen molar-refractivity contribution in [2.24, 2.45) is 0 Å². The molecule has 0 aliphatic rings. The number of aliphatic hydroxyl groups excluding tert-OH is 1. The van der Waals surface area contributed by atoms with Gasteiger partial charge in [0.05, 0.1) is 11.5 Å². The molecular weight excluding hydrogens is 275 g/mol. The van der Waals surface area contributed by atoms with Crippen LogP contribution in [0.15, 0.2) is 42.5 Å². The maximum absolute atomic E-state index is 13.6. The van der Waals surface area contributed by atoms with Gasteiger partial charge in [0.15, 0.2) is 0 Å². The zero-order valence-corrected chi connectivity index (χ0v) is 11.5. The quantitative estimate of drug-likeness (QED) is 0.679. The fourth-order valence-electron chi connectivity index (χ4n) is 2.10. The van der Waals surface area contributed by atoms with Gasteiger partial charge in [0.1, 0.15) is 11.5 Å². The summed E-state index contributed by atoms with van der Waals surface area (Å²) in [7, 11) is 1.66. The lowest BCUT2D eigenvalue weighted by Gasteiger charge is -2.20. The zero-order valence-electron chi connectivity index (χ0n) is 11.5. The van der Waals surface area contributed by atoms with Crippen molar-refractivity contribution in [3.8, 4) is 0 Å². The predicted octanol–water partition coefficient (Wildman–Crippen LogP) is 2.86. The average molecular weight is 290 g/mol. The highest BCUT2D eigenvalue weighted by Crippen LogP contribution is 2.29. The van der Waals surface area contributed by atoms with E-state index in [-0.39, 0.29) is 24.7 Å². The fourth-order valence-corrected chi connectivity index (χ4v) is 2.10. The van der Waals surface area contributed by atoms with E-state index in [9.17, 15) is 14.5 Å². The molecule has 0 atom stereocenters. The van der Waals surface area contributed by atoms with E-state index in [1.54, 1.807) is 42.3 Å². The highest BCUT2D eigenvalue weighted by Gasteiger charge is 2.18. The van der Waals surface area contributed by atoms with Crippen molar-refractivity contribution in [2.45, 2.75) is 13.2 Å². The van der Waals surface area contributed by atoms with Crippen molar-refractivity contribution < 1.29 is 14.4 Å². The third-order valence-corrected chi connectivity index (χ3v) is 3.20. The molecule has 0 fully saturated rings. The van der Waals surface area contributed by atoms with Crippen molar-refractivity contribution in [2.75, 3.05) is 11.9 Å². The van der Waals surface area contributed by atoms with Crippen LogP contribution < -0.4 is 4.90 Å². The van der Waals surface area contributed by atoms with Crippen molar-refractivity contribution in [1.82, 2.24) is 0 Å². The molecule has 0 aromatic heterocycles. The SMILES string of the molecule is CN(Cc1ccccc1F)c1ccc(CO)cc1[N+](=O)[O-]. The molecule has 0 saturated carbocycles. The maximum atomic E-state index is 13.6. The fraction of sp³-hybridized carbons (Fsp3) is 0.200. The number of nitrogens with zero attached hydrogens (tertiary/aromatic N) is 2. The largest absolute Gasteiger partial charge is 0.392 e. The second-order valence-corrected chi connectivity index (χ2v) is 4.69. The van der Waals surface area contributed by atoms with E-state index < -0.39 is 4.92 Å². The van der Waals surface area contributed by atoms with Crippen LogP contribution in [-0.4, -0.2) is 17.1 Å². The highest BCUT2D eigenvalue weighted by molar-refractivity contribution is 5.64. The molecule has 2 aromatic rings. The molecule has 0 saturated heterocycles. The second-order valence-electron chi connectivity index (χ2n) is 4.69. The van der Waals surface area contributed by atoms with E-state index in [4.69, 9.17) is 5.11 Å².